The van der Waals surface area contributed by atoms with E-state index in [0.717, 1.165) is 32.6 Å². The summed E-state index contributed by atoms with van der Waals surface area (Å²) in [5, 5.41) is 8.91. The summed E-state index contributed by atoms with van der Waals surface area (Å²) in [6.45, 7) is 8.81. The van der Waals surface area contributed by atoms with Crippen LogP contribution in [0, 0.1) is 5.92 Å². The molecule has 0 unspecified atom stereocenters. The maximum absolute atomic E-state index is 10.8. The van der Waals surface area contributed by atoms with Gasteiger partial charge in [-0.1, -0.05) is 0 Å². The maximum atomic E-state index is 10.8. The summed E-state index contributed by atoms with van der Waals surface area (Å²) in [6, 6.07) is 0. The summed E-state index contributed by atoms with van der Waals surface area (Å²) < 4.78 is 5.31. The van der Waals surface area contributed by atoms with Gasteiger partial charge in [0.2, 0.25) is 0 Å². The van der Waals surface area contributed by atoms with Gasteiger partial charge >= 0.3 is 5.97 Å². The summed E-state index contributed by atoms with van der Waals surface area (Å²) in [7, 11) is 0. The average Bonchev–Trinajstić information content (AvgIpc) is 2.16. The average molecular weight is 229 g/mol. The van der Waals surface area contributed by atoms with E-state index in [0.29, 0.717) is 5.92 Å². The van der Waals surface area contributed by atoms with Gasteiger partial charge in [0.05, 0.1) is 6.54 Å². The molecule has 0 amide bonds. The third-order valence-corrected chi connectivity index (χ3v) is 3.09. The van der Waals surface area contributed by atoms with Crippen LogP contribution < -0.4 is 0 Å². The molecule has 1 heterocycles. The highest BCUT2D eigenvalue weighted by Gasteiger charge is 2.27. The summed E-state index contributed by atoms with van der Waals surface area (Å²) in [5.41, 5.74) is -0.0866. The van der Waals surface area contributed by atoms with E-state index < -0.39 is 5.97 Å². The predicted molar refractivity (Wildman–Crippen MR) is 62.5 cm³/mol. The molecule has 0 spiro atoms. The zero-order valence-corrected chi connectivity index (χ0v) is 10.5. The molecule has 16 heavy (non-hydrogen) atoms. The fourth-order valence-electron chi connectivity index (χ4n) is 1.98. The number of ether oxygens (including phenoxy) is 1. The van der Waals surface area contributed by atoms with Crippen LogP contribution in [0.5, 0.6) is 0 Å². The Kier molecular flexibility index (Phi) is 4.74. The smallest absolute Gasteiger partial charge is 0.317 e. The number of aliphatic carboxylic acids is 1. The number of carboxylic acids is 1. The number of nitrogens with zero attached hydrogens (tertiary/aromatic N) is 1. The number of rotatable bonds is 4. The van der Waals surface area contributed by atoms with Crippen LogP contribution >= 0.6 is 0 Å². The highest BCUT2D eigenvalue weighted by Crippen LogP contribution is 2.21. The van der Waals surface area contributed by atoms with Crippen molar-refractivity contribution >= 4 is 5.97 Å². The van der Waals surface area contributed by atoms with E-state index >= 15 is 0 Å². The highest BCUT2D eigenvalue weighted by atomic mass is 16.5. The van der Waals surface area contributed by atoms with Gasteiger partial charge in [-0.2, -0.15) is 0 Å². The molecular formula is C12H23NO3. The van der Waals surface area contributed by atoms with Gasteiger partial charge in [-0.15, -0.1) is 0 Å². The fraction of sp³-hybridized carbons (Fsp3) is 0.917. The SMILES string of the molecule is CC(C)(C)N(CC(=O)O)CC1CCOCC1. The lowest BCUT2D eigenvalue weighted by molar-refractivity contribution is -0.140. The first kappa shape index (κ1) is 13.5. The second kappa shape index (κ2) is 5.64. The standard InChI is InChI=1S/C12H23NO3/c1-12(2,3)13(9-11(14)15)8-10-4-6-16-7-5-10/h10H,4-9H2,1-3H3,(H,14,15). The number of carboxylic acid groups (broad SMARTS) is 1. The van der Waals surface area contributed by atoms with E-state index in [9.17, 15) is 4.79 Å². The Morgan fingerprint density at radius 1 is 1.38 bits per heavy atom. The monoisotopic (exact) mass is 229 g/mol. The Bertz CT molecular complexity index is 229. The van der Waals surface area contributed by atoms with Gasteiger partial charge in [-0.25, -0.2) is 0 Å². The van der Waals surface area contributed by atoms with Crippen LogP contribution in [0.25, 0.3) is 0 Å². The third-order valence-electron chi connectivity index (χ3n) is 3.09. The van der Waals surface area contributed by atoms with Crippen LogP contribution in [-0.2, 0) is 9.53 Å². The molecule has 1 N–H and O–H groups in total. The minimum absolute atomic E-state index is 0.0866. The van der Waals surface area contributed by atoms with Crippen LogP contribution in [0.1, 0.15) is 33.6 Å². The van der Waals surface area contributed by atoms with Crippen molar-refractivity contribution in [3.05, 3.63) is 0 Å². The molecule has 0 radical (unpaired) electrons. The van der Waals surface area contributed by atoms with E-state index in [1.54, 1.807) is 0 Å². The molecule has 4 heteroatoms. The molecule has 1 fully saturated rings. The normalized spacial score (nSPS) is 19.0. The van der Waals surface area contributed by atoms with E-state index in [4.69, 9.17) is 9.84 Å². The lowest BCUT2D eigenvalue weighted by atomic mass is 9.96. The van der Waals surface area contributed by atoms with Crippen molar-refractivity contribution in [3.8, 4) is 0 Å². The molecule has 0 saturated carbocycles. The van der Waals surface area contributed by atoms with Gasteiger partial charge in [0.25, 0.3) is 0 Å². The van der Waals surface area contributed by atoms with Gasteiger partial charge in [-0.3, -0.25) is 9.69 Å². The van der Waals surface area contributed by atoms with Crippen LogP contribution in [0.15, 0.2) is 0 Å². The van der Waals surface area contributed by atoms with E-state index in [1.165, 1.54) is 0 Å². The lowest BCUT2D eigenvalue weighted by Crippen LogP contribution is -2.47. The van der Waals surface area contributed by atoms with Crippen molar-refractivity contribution in [2.45, 2.75) is 39.2 Å². The zero-order chi connectivity index (χ0) is 12.2. The summed E-state index contributed by atoms with van der Waals surface area (Å²) in [4.78, 5) is 12.9. The van der Waals surface area contributed by atoms with E-state index in [1.807, 2.05) is 4.90 Å². The van der Waals surface area contributed by atoms with Crippen molar-refractivity contribution in [3.63, 3.8) is 0 Å². The van der Waals surface area contributed by atoms with Crippen molar-refractivity contribution in [1.29, 1.82) is 0 Å². The van der Waals surface area contributed by atoms with Gasteiger partial charge in [-0.05, 0) is 39.5 Å². The number of hydrogen-bond acceptors (Lipinski definition) is 3. The lowest BCUT2D eigenvalue weighted by Gasteiger charge is -2.37. The van der Waals surface area contributed by atoms with Crippen LogP contribution in [0.4, 0.5) is 0 Å². The topological polar surface area (TPSA) is 49.8 Å². The van der Waals surface area contributed by atoms with Crippen LogP contribution in [-0.4, -0.2) is 47.8 Å². The Morgan fingerprint density at radius 3 is 2.38 bits per heavy atom. The molecular weight excluding hydrogens is 206 g/mol. The largest absolute Gasteiger partial charge is 0.480 e. The molecule has 0 atom stereocenters. The van der Waals surface area contributed by atoms with Gasteiger partial charge < -0.3 is 9.84 Å². The van der Waals surface area contributed by atoms with Gasteiger partial charge in [0, 0.05) is 25.3 Å². The fourth-order valence-corrected chi connectivity index (χ4v) is 1.98. The molecule has 1 rings (SSSR count). The molecule has 1 aliphatic rings. The molecule has 0 bridgehead atoms. The van der Waals surface area contributed by atoms with Gasteiger partial charge in [0.1, 0.15) is 0 Å². The molecule has 94 valence electrons. The summed E-state index contributed by atoms with van der Waals surface area (Å²) in [5.74, 6) is -0.172. The minimum Gasteiger partial charge on any atom is -0.480 e. The predicted octanol–water partition coefficient (Wildman–Crippen LogP) is 1.60. The van der Waals surface area contributed by atoms with Crippen molar-refractivity contribution in [1.82, 2.24) is 4.90 Å². The molecule has 0 aromatic heterocycles. The quantitative estimate of drug-likeness (QED) is 0.795. The highest BCUT2D eigenvalue weighted by molar-refractivity contribution is 5.69. The van der Waals surface area contributed by atoms with Crippen molar-refractivity contribution in [2.75, 3.05) is 26.3 Å². The Balaban J connectivity index is 2.51. The second-order valence-corrected chi connectivity index (χ2v) is 5.50. The van der Waals surface area contributed by atoms with Gasteiger partial charge in [0.15, 0.2) is 0 Å². The Labute approximate surface area is 97.6 Å². The van der Waals surface area contributed by atoms with Crippen LogP contribution in [0.2, 0.25) is 0 Å². The minimum atomic E-state index is -0.748. The molecule has 4 nitrogen and oxygen atoms in total. The molecule has 0 aromatic rings. The maximum Gasteiger partial charge on any atom is 0.317 e. The molecule has 0 aliphatic carbocycles. The van der Waals surface area contributed by atoms with Crippen molar-refractivity contribution in [2.24, 2.45) is 5.92 Å². The first-order valence-electron chi connectivity index (χ1n) is 5.94. The van der Waals surface area contributed by atoms with E-state index in [2.05, 4.69) is 20.8 Å². The second-order valence-electron chi connectivity index (χ2n) is 5.50. The first-order chi connectivity index (χ1) is 7.39. The summed E-state index contributed by atoms with van der Waals surface area (Å²) >= 11 is 0. The van der Waals surface area contributed by atoms with E-state index in [-0.39, 0.29) is 12.1 Å². The Hall–Kier alpha value is -0.610. The molecule has 1 aliphatic heterocycles. The summed E-state index contributed by atoms with van der Waals surface area (Å²) in [6.07, 6.45) is 2.10. The Morgan fingerprint density at radius 2 is 1.94 bits per heavy atom. The van der Waals surface area contributed by atoms with Crippen molar-refractivity contribution < 1.29 is 14.6 Å². The number of hydrogen-bond donors (Lipinski definition) is 1. The van der Waals surface area contributed by atoms with Crippen LogP contribution in [0.3, 0.4) is 0 Å². The molecule has 0 aromatic carbocycles. The molecule has 1 saturated heterocycles. The number of carbonyl (C=O) groups is 1. The first-order valence-corrected chi connectivity index (χ1v) is 5.94. The zero-order valence-electron chi connectivity index (χ0n) is 10.5. The third kappa shape index (κ3) is 4.49.